The molecule has 0 fully saturated rings. The number of fused-ring (bicyclic) bond motifs is 2. The van der Waals surface area contributed by atoms with Gasteiger partial charge in [0.2, 0.25) is 5.52 Å². The van der Waals surface area contributed by atoms with Crippen molar-refractivity contribution in [3.8, 4) is 0 Å². The molecule has 0 spiro atoms. The molecule has 0 saturated heterocycles. The van der Waals surface area contributed by atoms with Crippen LogP contribution in [0.1, 0.15) is 32.2 Å². The Hall–Kier alpha value is -2.18. The number of aryl methyl sites for hydroxylation is 1. The predicted octanol–water partition coefficient (Wildman–Crippen LogP) is 6.75. The molecule has 2 heterocycles. The molecular weight excluding hydrogens is 406 g/mol. The normalized spacial score (nSPS) is 15.6. The third kappa shape index (κ3) is 3.83. The first-order valence-electron chi connectivity index (χ1n) is 9.83. The summed E-state index contributed by atoms with van der Waals surface area (Å²) in [6.07, 6.45) is 5.26. The summed E-state index contributed by atoms with van der Waals surface area (Å²) in [5.41, 5.74) is 3.05. The van der Waals surface area contributed by atoms with Crippen molar-refractivity contribution < 1.29 is 13.3 Å². The van der Waals surface area contributed by atoms with Gasteiger partial charge in [-0.05, 0) is 62.2 Å². The standard InChI is InChI=1S/C23H23F2N2S2/c1-4-15(11-22-26(5-2)18-13-16(24)7-9-20(18)28-22)12-23-27(6-3)19-14-17(25)8-10-21(19)29-23/h7-14H,4-6H2,1-3H3/q+1. The van der Waals surface area contributed by atoms with E-state index in [0.717, 1.165) is 50.3 Å². The van der Waals surface area contributed by atoms with Crippen molar-refractivity contribution in [2.45, 2.75) is 38.6 Å². The molecule has 150 valence electrons. The second-order valence-electron chi connectivity index (χ2n) is 6.81. The highest BCUT2D eigenvalue weighted by molar-refractivity contribution is 8.03. The molecule has 4 rings (SSSR count). The molecule has 2 nitrogen and oxygen atoms in total. The van der Waals surface area contributed by atoms with Crippen molar-refractivity contribution in [2.75, 3.05) is 11.4 Å². The lowest BCUT2D eigenvalue weighted by Gasteiger charge is -2.18. The van der Waals surface area contributed by atoms with Gasteiger partial charge in [0.1, 0.15) is 22.9 Å². The molecule has 2 aromatic carbocycles. The highest BCUT2D eigenvalue weighted by Crippen LogP contribution is 2.46. The second-order valence-corrected chi connectivity index (χ2v) is 8.93. The predicted molar refractivity (Wildman–Crippen MR) is 119 cm³/mol. The summed E-state index contributed by atoms with van der Waals surface area (Å²) >= 11 is 3.35. The number of anilines is 1. The molecular formula is C23H23F2N2S2+. The second kappa shape index (κ2) is 8.28. The summed E-state index contributed by atoms with van der Waals surface area (Å²) in [4.78, 5) is 3.23. The molecule has 6 heteroatoms. The molecule has 0 aliphatic carbocycles. The summed E-state index contributed by atoms with van der Waals surface area (Å²) < 4.78 is 30.7. The van der Waals surface area contributed by atoms with Crippen LogP contribution >= 0.6 is 23.1 Å². The number of benzene rings is 2. The van der Waals surface area contributed by atoms with Gasteiger partial charge in [0.25, 0.3) is 5.01 Å². The fourth-order valence-corrected chi connectivity index (χ4v) is 5.94. The van der Waals surface area contributed by atoms with E-state index in [0.29, 0.717) is 0 Å². The first-order valence-corrected chi connectivity index (χ1v) is 11.5. The zero-order chi connectivity index (χ0) is 20.5. The topological polar surface area (TPSA) is 7.12 Å². The van der Waals surface area contributed by atoms with Gasteiger partial charge in [-0.3, -0.25) is 0 Å². The monoisotopic (exact) mass is 429 g/mol. The van der Waals surface area contributed by atoms with E-state index < -0.39 is 0 Å². The first kappa shape index (κ1) is 20.1. The minimum Gasteiger partial charge on any atom is -0.335 e. The minimum atomic E-state index is -0.211. The van der Waals surface area contributed by atoms with Crippen LogP contribution in [0.15, 0.2) is 58.0 Å². The summed E-state index contributed by atoms with van der Waals surface area (Å²) in [7, 11) is 0. The van der Waals surface area contributed by atoms with Crippen LogP contribution in [0.4, 0.5) is 14.5 Å². The minimum absolute atomic E-state index is 0.211. The third-order valence-corrected chi connectivity index (χ3v) is 7.27. The van der Waals surface area contributed by atoms with Crippen LogP contribution in [0.3, 0.4) is 0 Å². The third-order valence-electron chi connectivity index (χ3n) is 5.04. The van der Waals surface area contributed by atoms with E-state index in [1.54, 1.807) is 35.2 Å². The Bertz CT molecular complexity index is 1130. The number of rotatable bonds is 5. The molecule has 0 amide bonds. The Morgan fingerprint density at radius 2 is 1.83 bits per heavy atom. The molecule has 0 unspecified atom stereocenters. The van der Waals surface area contributed by atoms with Crippen molar-refractivity contribution in [2.24, 2.45) is 0 Å². The molecule has 3 aromatic rings. The Labute approximate surface area is 178 Å². The number of thioether (sulfide) groups is 1. The number of hydrogen-bond donors (Lipinski definition) is 0. The molecule has 1 aromatic heterocycles. The van der Waals surface area contributed by atoms with Gasteiger partial charge in [-0.2, -0.15) is 4.57 Å². The lowest BCUT2D eigenvalue weighted by molar-refractivity contribution is -0.665. The number of halogens is 2. The van der Waals surface area contributed by atoms with Gasteiger partial charge in [-0.15, -0.1) is 0 Å². The molecule has 0 bridgehead atoms. The molecule has 1 aliphatic heterocycles. The summed E-state index contributed by atoms with van der Waals surface area (Å²) in [5.74, 6) is -0.423. The van der Waals surface area contributed by atoms with Gasteiger partial charge in [0.15, 0.2) is 0 Å². The number of nitrogens with zero attached hydrogens (tertiary/aromatic N) is 2. The molecule has 1 aliphatic rings. The number of aromatic nitrogens is 1. The highest BCUT2D eigenvalue weighted by atomic mass is 32.2. The zero-order valence-electron chi connectivity index (χ0n) is 16.7. The Balaban J connectivity index is 1.75. The van der Waals surface area contributed by atoms with E-state index in [2.05, 4.69) is 42.4 Å². The average Bonchev–Trinajstić information content (AvgIpc) is 3.23. The maximum atomic E-state index is 13.7. The summed E-state index contributed by atoms with van der Waals surface area (Å²) in [6.45, 7) is 7.85. The van der Waals surface area contributed by atoms with E-state index in [1.165, 1.54) is 17.7 Å². The number of allylic oxidation sites excluding steroid dienone is 2. The van der Waals surface area contributed by atoms with Crippen LogP contribution in [0.5, 0.6) is 0 Å². The number of hydrogen-bond acceptors (Lipinski definition) is 3. The van der Waals surface area contributed by atoms with E-state index in [1.807, 2.05) is 12.1 Å². The van der Waals surface area contributed by atoms with Gasteiger partial charge in [0.05, 0.1) is 10.7 Å². The largest absolute Gasteiger partial charge is 0.335 e. The lowest BCUT2D eigenvalue weighted by atomic mass is 10.2. The van der Waals surface area contributed by atoms with Gasteiger partial charge in [-0.25, -0.2) is 8.78 Å². The summed E-state index contributed by atoms with van der Waals surface area (Å²) in [5, 5.41) is 2.22. The Morgan fingerprint density at radius 1 is 1.07 bits per heavy atom. The maximum Gasteiger partial charge on any atom is 0.263 e. The van der Waals surface area contributed by atoms with E-state index >= 15 is 0 Å². The maximum absolute atomic E-state index is 13.7. The van der Waals surface area contributed by atoms with Gasteiger partial charge < -0.3 is 4.90 Å². The van der Waals surface area contributed by atoms with E-state index in [4.69, 9.17) is 0 Å². The van der Waals surface area contributed by atoms with E-state index in [-0.39, 0.29) is 11.6 Å². The van der Waals surface area contributed by atoms with Crippen LogP contribution in [0, 0.1) is 11.6 Å². The molecule has 0 saturated carbocycles. The molecule has 29 heavy (non-hydrogen) atoms. The summed E-state index contributed by atoms with van der Waals surface area (Å²) in [6, 6.07) is 9.93. The van der Waals surface area contributed by atoms with E-state index in [9.17, 15) is 8.78 Å². The van der Waals surface area contributed by atoms with Gasteiger partial charge >= 0.3 is 0 Å². The fourth-order valence-electron chi connectivity index (χ4n) is 3.58. The first-order chi connectivity index (χ1) is 14.0. The smallest absolute Gasteiger partial charge is 0.263 e. The fraction of sp³-hybridized carbons (Fsp3) is 0.261. The van der Waals surface area contributed by atoms with Crippen LogP contribution in [-0.4, -0.2) is 6.54 Å². The SMILES string of the molecule is CCC(=C\c1sc2ccc(F)cc2[n+]1CC)/C=C1/Sc2ccc(F)cc2N1CC. The molecule has 0 atom stereocenters. The zero-order valence-corrected chi connectivity index (χ0v) is 18.3. The van der Waals surface area contributed by atoms with Crippen molar-refractivity contribution in [3.05, 3.63) is 69.7 Å². The Kier molecular flexibility index (Phi) is 5.74. The van der Waals surface area contributed by atoms with Crippen molar-refractivity contribution >= 4 is 45.1 Å². The van der Waals surface area contributed by atoms with Gasteiger partial charge in [-0.1, -0.05) is 30.0 Å². The highest BCUT2D eigenvalue weighted by Gasteiger charge is 2.25. The number of thiazole rings is 1. The van der Waals surface area contributed by atoms with Crippen molar-refractivity contribution in [1.82, 2.24) is 0 Å². The van der Waals surface area contributed by atoms with Crippen molar-refractivity contribution in [3.63, 3.8) is 0 Å². The van der Waals surface area contributed by atoms with Crippen LogP contribution < -0.4 is 9.47 Å². The van der Waals surface area contributed by atoms with Crippen molar-refractivity contribution in [1.29, 1.82) is 0 Å². The quantitative estimate of drug-likeness (QED) is 0.414. The van der Waals surface area contributed by atoms with Crippen LogP contribution in [-0.2, 0) is 6.54 Å². The average molecular weight is 430 g/mol. The molecule has 0 radical (unpaired) electrons. The van der Waals surface area contributed by atoms with Gasteiger partial charge in [0, 0.05) is 23.6 Å². The lowest BCUT2D eigenvalue weighted by Crippen LogP contribution is -2.33. The van der Waals surface area contributed by atoms with Crippen LogP contribution in [0.2, 0.25) is 0 Å². The molecule has 0 N–H and O–H groups in total. The van der Waals surface area contributed by atoms with Crippen LogP contribution in [0.25, 0.3) is 16.3 Å². The Morgan fingerprint density at radius 3 is 2.55 bits per heavy atom.